The van der Waals surface area contributed by atoms with Crippen molar-refractivity contribution in [3.8, 4) is 0 Å². The zero-order chi connectivity index (χ0) is 7.82. The Morgan fingerprint density at radius 3 is 2.40 bits per heavy atom. The SMILES string of the molecule is C=CCCOB(OC)OC. The van der Waals surface area contributed by atoms with Crippen LogP contribution in [0.25, 0.3) is 0 Å². The molecule has 0 fully saturated rings. The molecule has 0 aliphatic carbocycles. The van der Waals surface area contributed by atoms with Crippen LogP contribution in [0.3, 0.4) is 0 Å². The molecule has 0 amide bonds. The Labute approximate surface area is 62.1 Å². The van der Waals surface area contributed by atoms with Crippen LogP contribution in [-0.2, 0) is 14.0 Å². The lowest BCUT2D eigenvalue weighted by atomic mass is 10.2. The van der Waals surface area contributed by atoms with Crippen molar-refractivity contribution in [3.63, 3.8) is 0 Å². The Balaban J connectivity index is 3.16. The molecule has 0 N–H and O–H groups in total. The molecular formula is C6H13BO3. The van der Waals surface area contributed by atoms with E-state index in [1.54, 1.807) is 6.08 Å². The maximum Gasteiger partial charge on any atom is 0.639 e. The van der Waals surface area contributed by atoms with Crippen molar-refractivity contribution in [1.29, 1.82) is 0 Å². The molecule has 0 spiro atoms. The Kier molecular flexibility index (Phi) is 6.59. The van der Waals surface area contributed by atoms with Gasteiger partial charge in [-0.1, -0.05) is 6.08 Å². The van der Waals surface area contributed by atoms with Gasteiger partial charge in [-0.15, -0.1) is 6.58 Å². The predicted octanol–water partition coefficient (Wildman–Crippen LogP) is 0.857. The van der Waals surface area contributed by atoms with E-state index in [9.17, 15) is 0 Å². The van der Waals surface area contributed by atoms with Gasteiger partial charge in [0.15, 0.2) is 0 Å². The molecule has 0 aromatic carbocycles. The Morgan fingerprint density at radius 1 is 1.40 bits per heavy atom. The van der Waals surface area contributed by atoms with Gasteiger partial charge in [-0.25, -0.2) is 0 Å². The van der Waals surface area contributed by atoms with Crippen molar-refractivity contribution in [2.45, 2.75) is 6.42 Å². The lowest BCUT2D eigenvalue weighted by Crippen LogP contribution is -2.24. The summed E-state index contributed by atoms with van der Waals surface area (Å²) in [6, 6.07) is 0. The first-order chi connectivity index (χ1) is 4.85. The van der Waals surface area contributed by atoms with Crippen molar-refractivity contribution in [2.75, 3.05) is 20.8 Å². The quantitative estimate of drug-likeness (QED) is 0.314. The lowest BCUT2D eigenvalue weighted by molar-refractivity contribution is 0.137. The summed E-state index contributed by atoms with van der Waals surface area (Å²) in [6.07, 6.45) is 2.59. The van der Waals surface area contributed by atoms with E-state index in [2.05, 4.69) is 6.58 Å². The van der Waals surface area contributed by atoms with Gasteiger partial charge in [-0.05, 0) is 6.42 Å². The molecule has 0 aliphatic heterocycles. The van der Waals surface area contributed by atoms with E-state index in [0.29, 0.717) is 6.61 Å². The van der Waals surface area contributed by atoms with E-state index in [1.807, 2.05) is 0 Å². The van der Waals surface area contributed by atoms with Crippen LogP contribution in [0.5, 0.6) is 0 Å². The van der Waals surface area contributed by atoms with Gasteiger partial charge >= 0.3 is 7.32 Å². The minimum absolute atomic E-state index is 0.542. The average molecular weight is 144 g/mol. The fraction of sp³-hybridized carbons (Fsp3) is 0.667. The fourth-order valence-electron chi connectivity index (χ4n) is 0.480. The van der Waals surface area contributed by atoms with Crippen LogP contribution >= 0.6 is 0 Å². The molecule has 58 valence electrons. The fourth-order valence-corrected chi connectivity index (χ4v) is 0.480. The van der Waals surface area contributed by atoms with Crippen molar-refractivity contribution in [2.24, 2.45) is 0 Å². The van der Waals surface area contributed by atoms with Gasteiger partial charge in [0.2, 0.25) is 0 Å². The molecule has 0 aromatic rings. The van der Waals surface area contributed by atoms with Gasteiger partial charge in [-0.2, -0.15) is 0 Å². The second-order valence-corrected chi connectivity index (χ2v) is 1.71. The molecule has 0 saturated carbocycles. The first-order valence-electron chi connectivity index (χ1n) is 3.13. The van der Waals surface area contributed by atoms with E-state index in [-0.39, 0.29) is 0 Å². The van der Waals surface area contributed by atoms with Crippen LogP contribution in [-0.4, -0.2) is 28.1 Å². The lowest BCUT2D eigenvalue weighted by Gasteiger charge is -2.06. The van der Waals surface area contributed by atoms with Crippen LogP contribution in [0, 0.1) is 0 Å². The Bertz CT molecular complexity index is 83.1. The normalized spacial score (nSPS) is 9.40. The number of rotatable bonds is 6. The van der Waals surface area contributed by atoms with Gasteiger partial charge in [0.1, 0.15) is 0 Å². The summed E-state index contributed by atoms with van der Waals surface area (Å²) < 4.78 is 14.6. The third-order valence-corrected chi connectivity index (χ3v) is 0.961. The standard InChI is InChI=1S/C6H13BO3/c1-4-5-6-10-7(8-2)9-3/h4H,1,5-6H2,2-3H3. The van der Waals surface area contributed by atoms with E-state index >= 15 is 0 Å². The summed E-state index contributed by atoms with van der Waals surface area (Å²) in [4.78, 5) is 0. The molecule has 0 saturated heterocycles. The molecule has 0 aromatic heterocycles. The van der Waals surface area contributed by atoms with Gasteiger partial charge < -0.3 is 14.0 Å². The summed E-state index contributed by atoms with van der Waals surface area (Å²) in [5, 5.41) is 0. The molecular weight excluding hydrogens is 131 g/mol. The highest BCUT2D eigenvalue weighted by atomic mass is 16.7. The zero-order valence-corrected chi connectivity index (χ0v) is 6.50. The molecule has 0 atom stereocenters. The first-order valence-corrected chi connectivity index (χ1v) is 3.13. The van der Waals surface area contributed by atoms with E-state index in [1.165, 1.54) is 14.2 Å². The van der Waals surface area contributed by atoms with Gasteiger partial charge in [0.25, 0.3) is 0 Å². The molecule has 10 heavy (non-hydrogen) atoms. The predicted molar refractivity (Wildman–Crippen MR) is 40.5 cm³/mol. The number of hydrogen-bond acceptors (Lipinski definition) is 3. The van der Waals surface area contributed by atoms with E-state index < -0.39 is 7.32 Å². The second-order valence-electron chi connectivity index (χ2n) is 1.71. The van der Waals surface area contributed by atoms with Crippen molar-refractivity contribution in [3.05, 3.63) is 12.7 Å². The summed E-state index contributed by atoms with van der Waals surface area (Å²) in [6.45, 7) is 4.13. The van der Waals surface area contributed by atoms with Crippen LogP contribution in [0.15, 0.2) is 12.7 Å². The zero-order valence-electron chi connectivity index (χ0n) is 6.50. The smallest absolute Gasteiger partial charge is 0.389 e. The molecule has 0 unspecified atom stereocenters. The monoisotopic (exact) mass is 144 g/mol. The second kappa shape index (κ2) is 6.80. The minimum Gasteiger partial charge on any atom is -0.389 e. The van der Waals surface area contributed by atoms with Crippen molar-refractivity contribution < 1.29 is 14.0 Å². The maximum absolute atomic E-state index is 5.07. The summed E-state index contributed by atoms with van der Waals surface area (Å²) in [5.74, 6) is 0. The van der Waals surface area contributed by atoms with Gasteiger partial charge in [-0.3, -0.25) is 0 Å². The highest BCUT2D eigenvalue weighted by molar-refractivity contribution is 6.36. The highest BCUT2D eigenvalue weighted by Gasteiger charge is 2.15. The highest BCUT2D eigenvalue weighted by Crippen LogP contribution is 1.90. The minimum atomic E-state index is -0.542. The average Bonchev–Trinajstić information content (AvgIpc) is 1.99. The molecule has 0 radical (unpaired) electrons. The first kappa shape index (κ1) is 9.68. The van der Waals surface area contributed by atoms with Crippen molar-refractivity contribution in [1.82, 2.24) is 0 Å². The van der Waals surface area contributed by atoms with Crippen LogP contribution < -0.4 is 0 Å². The number of hydrogen-bond donors (Lipinski definition) is 0. The van der Waals surface area contributed by atoms with Gasteiger partial charge in [0, 0.05) is 20.8 Å². The van der Waals surface area contributed by atoms with E-state index in [4.69, 9.17) is 14.0 Å². The third-order valence-electron chi connectivity index (χ3n) is 0.961. The van der Waals surface area contributed by atoms with Crippen LogP contribution in [0.2, 0.25) is 0 Å². The maximum atomic E-state index is 5.07. The molecule has 0 rings (SSSR count). The topological polar surface area (TPSA) is 27.7 Å². The largest absolute Gasteiger partial charge is 0.639 e. The van der Waals surface area contributed by atoms with Crippen LogP contribution in [0.1, 0.15) is 6.42 Å². The van der Waals surface area contributed by atoms with Gasteiger partial charge in [0.05, 0.1) is 0 Å². The van der Waals surface area contributed by atoms with E-state index in [0.717, 1.165) is 6.42 Å². The van der Waals surface area contributed by atoms with Crippen molar-refractivity contribution >= 4 is 7.32 Å². The molecule has 0 bridgehead atoms. The Hall–Kier alpha value is -0.315. The molecule has 0 heterocycles. The molecule has 0 aliphatic rings. The van der Waals surface area contributed by atoms with Crippen LogP contribution in [0.4, 0.5) is 0 Å². The molecule has 3 nitrogen and oxygen atoms in total. The summed E-state index contributed by atoms with van der Waals surface area (Å²) in [7, 11) is 2.52. The summed E-state index contributed by atoms with van der Waals surface area (Å²) in [5.41, 5.74) is 0. The molecule has 4 heteroatoms. The Morgan fingerprint density at radius 2 is 2.00 bits per heavy atom. The summed E-state index contributed by atoms with van der Waals surface area (Å²) >= 11 is 0. The third kappa shape index (κ3) is 4.55.